The smallest absolute Gasteiger partial charge is 0.173 e. The molecule has 2 N–H and O–H groups in total. The zero-order valence-corrected chi connectivity index (χ0v) is 15.7. The molecule has 0 saturated carbocycles. The van der Waals surface area contributed by atoms with Crippen LogP contribution >= 0.6 is 31.9 Å². The molecule has 126 valence electrons. The van der Waals surface area contributed by atoms with Gasteiger partial charge in [0, 0.05) is 0 Å². The summed E-state index contributed by atoms with van der Waals surface area (Å²) < 4.78 is 0. The van der Waals surface area contributed by atoms with E-state index >= 15 is 0 Å². The normalized spacial score (nSPS) is 18.7. The molecule has 0 radical (unpaired) electrons. The van der Waals surface area contributed by atoms with E-state index in [2.05, 4.69) is 31.9 Å². The van der Waals surface area contributed by atoms with Crippen LogP contribution in [0, 0.1) is 0 Å². The molecule has 4 atom stereocenters. The SMILES string of the molecule is O=CC(O)(C(Br)c1ccccc1)C(O)(C=O)C(Br)c1ccccc1. The molecule has 4 nitrogen and oxygen atoms in total. The number of carbonyl (C=O) groups excluding carboxylic acids is 2. The van der Waals surface area contributed by atoms with Gasteiger partial charge in [-0.25, -0.2) is 0 Å². The van der Waals surface area contributed by atoms with Crippen molar-refractivity contribution >= 4 is 44.4 Å². The number of aliphatic hydroxyl groups is 2. The second kappa shape index (κ2) is 7.70. The predicted octanol–water partition coefficient (Wildman–Crippen LogP) is 3.12. The molecule has 0 bridgehead atoms. The van der Waals surface area contributed by atoms with E-state index in [-0.39, 0.29) is 12.6 Å². The molecule has 0 aromatic heterocycles. The van der Waals surface area contributed by atoms with Crippen LogP contribution in [0.1, 0.15) is 20.8 Å². The number of aldehydes is 2. The van der Waals surface area contributed by atoms with Crippen LogP contribution in [0.25, 0.3) is 0 Å². The van der Waals surface area contributed by atoms with Crippen molar-refractivity contribution in [1.29, 1.82) is 0 Å². The fourth-order valence-corrected chi connectivity index (χ4v) is 4.03. The van der Waals surface area contributed by atoms with E-state index in [9.17, 15) is 19.8 Å². The van der Waals surface area contributed by atoms with Crippen LogP contribution in [-0.2, 0) is 9.59 Å². The third kappa shape index (κ3) is 3.24. The highest BCUT2D eigenvalue weighted by Crippen LogP contribution is 2.47. The van der Waals surface area contributed by atoms with Crippen LogP contribution in [0.2, 0.25) is 0 Å². The number of alkyl halides is 2. The quantitative estimate of drug-likeness (QED) is 0.496. The Hall–Kier alpha value is -1.34. The molecule has 2 aromatic rings. The van der Waals surface area contributed by atoms with Crippen LogP contribution in [0.4, 0.5) is 0 Å². The van der Waals surface area contributed by atoms with Crippen LogP contribution < -0.4 is 0 Å². The lowest BCUT2D eigenvalue weighted by Crippen LogP contribution is -2.61. The van der Waals surface area contributed by atoms with Gasteiger partial charge in [0.1, 0.15) is 0 Å². The summed E-state index contributed by atoms with van der Waals surface area (Å²) in [4.78, 5) is 21.6. The largest absolute Gasteiger partial charge is 0.377 e. The van der Waals surface area contributed by atoms with Crippen molar-refractivity contribution in [1.82, 2.24) is 0 Å². The van der Waals surface area contributed by atoms with Crippen molar-refractivity contribution in [3.63, 3.8) is 0 Å². The predicted molar refractivity (Wildman–Crippen MR) is 98.2 cm³/mol. The molecule has 0 fully saturated rings. The molecule has 2 aromatic carbocycles. The summed E-state index contributed by atoms with van der Waals surface area (Å²) in [5.41, 5.74) is -3.67. The van der Waals surface area contributed by atoms with Gasteiger partial charge in [-0.05, 0) is 11.1 Å². The van der Waals surface area contributed by atoms with Gasteiger partial charge < -0.3 is 10.2 Å². The lowest BCUT2D eigenvalue weighted by molar-refractivity contribution is -0.167. The zero-order chi connectivity index (χ0) is 17.8. The minimum atomic E-state index is -2.39. The van der Waals surface area contributed by atoms with Crippen molar-refractivity contribution in [2.24, 2.45) is 0 Å². The van der Waals surface area contributed by atoms with Crippen LogP contribution in [-0.4, -0.2) is 34.0 Å². The number of halogens is 2. The minimum absolute atomic E-state index is 0.199. The second-order valence-electron chi connectivity index (χ2n) is 5.43. The van der Waals surface area contributed by atoms with Gasteiger partial charge in [0.05, 0.1) is 9.65 Å². The first kappa shape index (κ1) is 19.0. The van der Waals surface area contributed by atoms with E-state index in [1.165, 1.54) is 0 Å². The molecule has 2 rings (SSSR count). The third-order valence-electron chi connectivity index (χ3n) is 3.96. The van der Waals surface area contributed by atoms with Crippen LogP contribution in [0.3, 0.4) is 0 Å². The number of carbonyl (C=O) groups is 2. The maximum atomic E-state index is 11.8. The van der Waals surface area contributed by atoms with Gasteiger partial charge in [0.15, 0.2) is 23.8 Å². The van der Waals surface area contributed by atoms with Gasteiger partial charge in [-0.1, -0.05) is 92.5 Å². The molecular formula is C18H16Br2O4. The lowest BCUT2D eigenvalue weighted by atomic mass is 9.76. The van der Waals surface area contributed by atoms with E-state index in [0.29, 0.717) is 11.1 Å². The first-order valence-corrected chi connectivity index (χ1v) is 8.99. The topological polar surface area (TPSA) is 74.6 Å². The molecule has 0 aliphatic rings. The summed E-state index contributed by atoms with van der Waals surface area (Å²) in [7, 11) is 0. The summed E-state index contributed by atoms with van der Waals surface area (Å²) in [5, 5.41) is 21.9. The maximum absolute atomic E-state index is 11.8. The Morgan fingerprint density at radius 3 is 1.25 bits per heavy atom. The Kier molecular flexibility index (Phi) is 6.09. The average molecular weight is 456 g/mol. The minimum Gasteiger partial charge on any atom is -0.377 e. The maximum Gasteiger partial charge on any atom is 0.173 e. The Morgan fingerprint density at radius 1 is 0.708 bits per heavy atom. The number of rotatable bonds is 7. The van der Waals surface area contributed by atoms with Crippen molar-refractivity contribution < 1.29 is 19.8 Å². The molecule has 0 amide bonds. The van der Waals surface area contributed by atoms with E-state index < -0.39 is 20.9 Å². The Morgan fingerprint density at radius 2 is 1.00 bits per heavy atom. The zero-order valence-electron chi connectivity index (χ0n) is 12.5. The highest BCUT2D eigenvalue weighted by atomic mass is 79.9. The van der Waals surface area contributed by atoms with Gasteiger partial charge in [0.25, 0.3) is 0 Å². The highest BCUT2D eigenvalue weighted by molar-refractivity contribution is 9.09. The Labute approximate surface area is 156 Å². The van der Waals surface area contributed by atoms with E-state index in [0.717, 1.165) is 0 Å². The number of hydrogen-bond acceptors (Lipinski definition) is 4. The van der Waals surface area contributed by atoms with Crippen LogP contribution in [0.15, 0.2) is 60.7 Å². The molecule has 6 heteroatoms. The molecule has 0 aliphatic carbocycles. The second-order valence-corrected chi connectivity index (χ2v) is 7.26. The molecule has 24 heavy (non-hydrogen) atoms. The monoisotopic (exact) mass is 454 g/mol. The fraction of sp³-hybridized carbons (Fsp3) is 0.222. The summed E-state index contributed by atoms with van der Waals surface area (Å²) in [6.07, 6.45) is 0.399. The molecule has 0 saturated heterocycles. The highest BCUT2D eigenvalue weighted by Gasteiger charge is 2.58. The fourth-order valence-electron chi connectivity index (χ4n) is 2.47. The number of benzene rings is 2. The first-order valence-electron chi connectivity index (χ1n) is 7.16. The van der Waals surface area contributed by atoms with Crippen molar-refractivity contribution in [2.45, 2.75) is 20.9 Å². The standard InChI is InChI=1S/C18H16Br2O4/c19-15(13-7-3-1-4-8-13)17(23,11-21)18(24,12-22)16(20)14-9-5-2-6-10-14/h1-12,15-16,23-24H. The molecule has 4 unspecified atom stereocenters. The molecule has 0 heterocycles. The molecule has 0 aliphatic heterocycles. The average Bonchev–Trinajstić information content (AvgIpc) is 2.66. The third-order valence-corrected chi connectivity index (χ3v) is 6.41. The van der Waals surface area contributed by atoms with Crippen molar-refractivity contribution in [3.8, 4) is 0 Å². The lowest BCUT2D eigenvalue weighted by Gasteiger charge is -2.42. The molecule has 0 spiro atoms. The Bertz CT molecular complexity index is 633. The summed E-state index contributed by atoms with van der Waals surface area (Å²) in [6.45, 7) is 0. The van der Waals surface area contributed by atoms with E-state index in [1.54, 1.807) is 60.7 Å². The van der Waals surface area contributed by atoms with E-state index in [4.69, 9.17) is 0 Å². The Balaban J connectivity index is 2.51. The van der Waals surface area contributed by atoms with Gasteiger partial charge in [0.2, 0.25) is 0 Å². The summed E-state index contributed by atoms with van der Waals surface area (Å²) in [6, 6.07) is 17.2. The number of hydrogen-bond donors (Lipinski definition) is 2. The summed E-state index contributed by atoms with van der Waals surface area (Å²) >= 11 is 6.53. The summed E-state index contributed by atoms with van der Waals surface area (Å²) in [5.74, 6) is 0. The van der Waals surface area contributed by atoms with Gasteiger partial charge >= 0.3 is 0 Å². The van der Waals surface area contributed by atoms with Gasteiger partial charge in [-0.3, -0.25) is 9.59 Å². The van der Waals surface area contributed by atoms with E-state index in [1.807, 2.05) is 0 Å². The van der Waals surface area contributed by atoms with Crippen LogP contribution in [0.5, 0.6) is 0 Å². The molecular weight excluding hydrogens is 440 g/mol. The van der Waals surface area contributed by atoms with Gasteiger partial charge in [-0.2, -0.15) is 0 Å². The van der Waals surface area contributed by atoms with Crippen molar-refractivity contribution in [3.05, 3.63) is 71.8 Å². The first-order chi connectivity index (χ1) is 11.4. The van der Waals surface area contributed by atoms with Crippen molar-refractivity contribution in [2.75, 3.05) is 0 Å². The van der Waals surface area contributed by atoms with Gasteiger partial charge in [-0.15, -0.1) is 0 Å².